The molecular formula is C37H35O3S2+. The van der Waals surface area contributed by atoms with E-state index in [1.165, 1.54) is 30.0 Å². The van der Waals surface area contributed by atoms with Crippen molar-refractivity contribution in [1.29, 1.82) is 0 Å². The Kier molecular flexibility index (Phi) is 8.61. The summed E-state index contributed by atoms with van der Waals surface area (Å²) in [7, 11) is -0.272. The second kappa shape index (κ2) is 12.7. The molecule has 0 fully saturated rings. The lowest BCUT2D eigenvalue weighted by atomic mass is 9.85. The van der Waals surface area contributed by atoms with E-state index in [-0.39, 0.29) is 16.3 Å². The van der Waals surface area contributed by atoms with Crippen molar-refractivity contribution in [3.8, 4) is 17.2 Å². The van der Waals surface area contributed by atoms with Gasteiger partial charge in [-0.3, -0.25) is 0 Å². The van der Waals surface area contributed by atoms with Crippen LogP contribution >= 0.6 is 11.8 Å². The fourth-order valence-electron chi connectivity index (χ4n) is 5.07. The number of benzene rings is 5. The Morgan fingerprint density at radius 2 is 1.33 bits per heavy atom. The van der Waals surface area contributed by atoms with Gasteiger partial charge >= 0.3 is 0 Å². The third-order valence-electron chi connectivity index (χ3n) is 7.21. The van der Waals surface area contributed by atoms with Gasteiger partial charge in [-0.05, 0) is 72.6 Å². The third kappa shape index (κ3) is 6.24. The van der Waals surface area contributed by atoms with Gasteiger partial charge in [-0.25, -0.2) is 0 Å². The van der Waals surface area contributed by atoms with E-state index >= 15 is 0 Å². The minimum atomic E-state index is -0.272. The van der Waals surface area contributed by atoms with Crippen LogP contribution in [0, 0.1) is 0 Å². The zero-order chi connectivity index (χ0) is 28.9. The highest BCUT2D eigenvalue weighted by atomic mass is 32.2. The molecule has 3 nitrogen and oxygen atoms in total. The van der Waals surface area contributed by atoms with Crippen LogP contribution in [0.15, 0.2) is 146 Å². The summed E-state index contributed by atoms with van der Waals surface area (Å²) in [5.41, 5.74) is 2.12. The molecule has 1 aliphatic rings. The van der Waals surface area contributed by atoms with Crippen molar-refractivity contribution in [3.05, 3.63) is 132 Å². The summed E-state index contributed by atoms with van der Waals surface area (Å²) in [6.45, 7) is 8.28. The molecule has 212 valence electrons. The Balaban J connectivity index is 1.24. The van der Waals surface area contributed by atoms with Crippen LogP contribution in [-0.2, 0) is 27.7 Å². The molecule has 1 aliphatic heterocycles. The lowest BCUT2D eigenvalue weighted by Gasteiger charge is -2.27. The molecule has 0 amide bonds. The predicted molar refractivity (Wildman–Crippen MR) is 172 cm³/mol. The Morgan fingerprint density at radius 1 is 0.667 bits per heavy atom. The molecule has 0 N–H and O–H groups in total. The first-order valence-corrected chi connectivity index (χ1v) is 16.3. The molecule has 0 atom stereocenters. The Bertz CT molecular complexity index is 1620. The van der Waals surface area contributed by atoms with E-state index in [9.17, 15) is 0 Å². The van der Waals surface area contributed by atoms with Crippen LogP contribution in [0.3, 0.4) is 0 Å². The number of hydrogen-bond acceptors (Lipinski definition) is 4. The van der Waals surface area contributed by atoms with Crippen molar-refractivity contribution >= 4 is 22.7 Å². The van der Waals surface area contributed by atoms with Gasteiger partial charge in [0.25, 0.3) is 0 Å². The molecule has 0 spiro atoms. The fraction of sp³-hybridized carbons (Fsp3) is 0.189. The quantitative estimate of drug-likeness (QED) is 0.148. The lowest BCUT2D eigenvalue weighted by Crippen LogP contribution is -2.25. The average molecular weight is 592 g/mol. The highest BCUT2D eigenvalue weighted by Gasteiger charge is 2.41. The van der Waals surface area contributed by atoms with Gasteiger partial charge in [-0.15, -0.1) is 0 Å². The van der Waals surface area contributed by atoms with Crippen molar-refractivity contribution in [2.75, 3.05) is 13.2 Å². The van der Waals surface area contributed by atoms with E-state index in [1.54, 1.807) is 0 Å². The number of hydrogen-bond donors (Lipinski definition) is 0. The summed E-state index contributed by atoms with van der Waals surface area (Å²) in [4.78, 5) is 6.56. The van der Waals surface area contributed by atoms with Crippen molar-refractivity contribution in [3.63, 3.8) is 0 Å². The minimum absolute atomic E-state index is 0.204. The summed E-state index contributed by atoms with van der Waals surface area (Å²) in [6, 6.07) is 42.2. The fourth-order valence-corrected chi connectivity index (χ4v) is 8.94. The normalized spacial score (nSPS) is 12.8. The van der Waals surface area contributed by atoms with Gasteiger partial charge in [0.05, 0.1) is 29.6 Å². The van der Waals surface area contributed by atoms with Crippen LogP contribution in [0.2, 0.25) is 0 Å². The second-order valence-corrected chi connectivity index (χ2v) is 13.9. The molecule has 1 heterocycles. The van der Waals surface area contributed by atoms with Crippen LogP contribution in [0.25, 0.3) is 0 Å². The summed E-state index contributed by atoms with van der Waals surface area (Å²) in [5, 5.41) is 0. The number of rotatable bonds is 10. The van der Waals surface area contributed by atoms with E-state index in [0.717, 1.165) is 22.8 Å². The third-order valence-corrected chi connectivity index (χ3v) is 11.0. The first kappa shape index (κ1) is 28.5. The van der Waals surface area contributed by atoms with E-state index in [0.29, 0.717) is 19.8 Å². The van der Waals surface area contributed by atoms with E-state index in [2.05, 4.69) is 93.6 Å². The van der Waals surface area contributed by atoms with Crippen LogP contribution in [-0.4, -0.2) is 13.2 Å². The zero-order valence-electron chi connectivity index (χ0n) is 24.2. The standard InChI is InChI=1S/C37H35O3S2/c1-4-39-31-22-21-28(24-36(31)42-34-19-10-8-17-32(34)41-33-18-9-11-20-35(33)42)37(2,3)26-38-25-27-13-12-16-30(23-27)40-29-14-6-5-7-15-29/h5-24H,4,25-26H2,1-3H3/q+1. The molecule has 0 unspecified atom stereocenters. The van der Waals surface area contributed by atoms with Gasteiger partial charge < -0.3 is 14.2 Å². The molecule has 0 aromatic heterocycles. The Labute approximate surface area is 256 Å². The first-order chi connectivity index (χ1) is 20.5. The SMILES string of the molecule is CCOc1ccc(C(C)(C)COCc2cccc(Oc3ccccc3)c2)cc1[S+]1c2ccccc2Sc2ccccc21. The van der Waals surface area contributed by atoms with Gasteiger partial charge in [0, 0.05) is 11.5 Å². The highest BCUT2D eigenvalue weighted by Crippen LogP contribution is 2.50. The summed E-state index contributed by atoms with van der Waals surface area (Å²) in [5.74, 6) is 2.59. The molecule has 0 saturated heterocycles. The van der Waals surface area contributed by atoms with Crippen LogP contribution in [0.5, 0.6) is 17.2 Å². The second-order valence-electron chi connectivity index (χ2n) is 10.8. The maximum absolute atomic E-state index is 6.33. The monoisotopic (exact) mass is 591 g/mol. The van der Waals surface area contributed by atoms with Crippen molar-refractivity contribution < 1.29 is 14.2 Å². The smallest absolute Gasteiger partial charge is 0.208 e. The topological polar surface area (TPSA) is 27.7 Å². The number of para-hydroxylation sites is 1. The molecule has 5 heteroatoms. The summed E-state index contributed by atoms with van der Waals surface area (Å²) < 4.78 is 18.6. The van der Waals surface area contributed by atoms with Gasteiger partial charge in [0.2, 0.25) is 4.90 Å². The molecule has 0 aliphatic carbocycles. The predicted octanol–water partition coefficient (Wildman–Crippen LogP) is 9.93. The molecule has 0 saturated carbocycles. The molecule has 5 aromatic rings. The summed E-state index contributed by atoms with van der Waals surface area (Å²) >= 11 is 1.86. The number of fused-ring (bicyclic) bond motifs is 2. The molecule has 42 heavy (non-hydrogen) atoms. The van der Waals surface area contributed by atoms with E-state index in [1.807, 2.05) is 60.3 Å². The van der Waals surface area contributed by atoms with Gasteiger partial charge in [-0.1, -0.05) is 86.3 Å². The van der Waals surface area contributed by atoms with Crippen molar-refractivity contribution in [1.82, 2.24) is 0 Å². The van der Waals surface area contributed by atoms with E-state index in [4.69, 9.17) is 14.2 Å². The van der Waals surface area contributed by atoms with Crippen LogP contribution < -0.4 is 9.47 Å². The van der Waals surface area contributed by atoms with Gasteiger partial charge in [0.1, 0.15) is 22.4 Å². The van der Waals surface area contributed by atoms with Gasteiger partial charge in [0.15, 0.2) is 15.5 Å². The molecule has 0 bridgehead atoms. The van der Waals surface area contributed by atoms with E-state index < -0.39 is 0 Å². The largest absolute Gasteiger partial charge is 0.489 e. The maximum Gasteiger partial charge on any atom is 0.208 e. The molecule has 0 radical (unpaired) electrons. The zero-order valence-corrected chi connectivity index (χ0v) is 25.8. The van der Waals surface area contributed by atoms with Gasteiger partial charge in [-0.2, -0.15) is 0 Å². The first-order valence-electron chi connectivity index (χ1n) is 14.3. The van der Waals surface area contributed by atoms with Crippen LogP contribution in [0.4, 0.5) is 0 Å². The lowest BCUT2D eigenvalue weighted by molar-refractivity contribution is 0.0823. The Morgan fingerprint density at radius 3 is 2.05 bits per heavy atom. The Hall–Kier alpha value is -3.64. The number of ether oxygens (including phenoxy) is 3. The van der Waals surface area contributed by atoms with Crippen LogP contribution in [0.1, 0.15) is 31.9 Å². The minimum Gasteiger partial charge on any atom is -0.489 e. The molecule has 6 rings (SSSR count). The molecular weight excluding hydrogens is 557 g/mol. The summed E-state index contributed by atoms with van der Waals surface area (Å²) in [6.07, 6.45) is 0. The average Bonchev–Trinajstić information content (AvgIpc) is 3.01. The van der Waals surface area contributed by atoms with Crippen molar-refractivity contribution in [2.45, 2.75) is 57.3 Å². The van der Waals surface area contributed by atoms with Crippen molar-refractivity contribution in [2.24, 2.45) is 0 Å². The maximum atomic E-state index is 6.33. The molecule has 5 aromatic carbocycles. The highest BCUT2D eigenvalue weighted by molar-refractivity contribution is 8.04.